The Morgan fingerprint density at radius 1 is 1.27 bits per heavy atom. The van der Waals surface area contributed by atoms with E-state index >= 15 is 0 Å². The van der Waals surface area contributed by atoms with E-state index < -0.39 is 0 Å². The number of benzene rings is 1. The number of nitrogens with two attached hydrogens (primary N) is 1. The molecule has 4 heteroatoms. The first kappa shape index (κ1) is 9.98. The van der Waals surface area contributed by atoms with Gasteiger partial charge in [0.2, 0.25) is 0 Å². The zero-order valence-electron chi connectivity index (χ0n) is 8.81. The molecule has 0 radical (unpaired) electrons. The molecule has 1 aromatic carbocycles. The second-order valence-corrected chi connectivity index (χ2v) is 3.73. The van der Waals surface area contributed by atoms with Crippen LogP contribution in [0, 0.1) is 0 Å². The Balaban J connectivity index is 2.19. The van der Waals surface area contributed by atoms with Gasteiger partial charge in [-0.1, -0.05) is 12.1 Å². The third-order valence-corrected chi connectivity index (χ3v) is 2.70. The molecule has 1 heterocycles. The lowest BCUT2D eigenvalue weighted by atomic mass is 10.2. The van der Waals surface area contributed by atoms with Crippen molar-refractivity contribution in [3.05, 3.63) is 29.8 Å². The van der Waals surface area contributed by atoms with Crippen LogP contribution in [0.2, 0.25) is 0 Å². The highest BCUT2D eigenvalue weighted by Crippen LogP contribution is 2.19. The van der Waals surface area contributed by atoms with Crippen LogP contribution in [0.1, 0.15) is 5.56 Å². The summed E-state index contributed by atoms with van der Waals surface area (Å²) in [6.45, 7) is 2.09. The van der Waals surface area contributed by atoms with Crippen LogP contribution in [-0.2, 0) is 6.54 Å². The molecule has 1 fully saturated rings. The van der Waals surface area contributed by atoms with Gasteiger partial charge in [0.05, 0.1) is 0 Å². The zero-order chi connectivity index (χ0) is 10.8. The Morgan fingerprint density at radius 2 is 1.93 bits per heavy atom. The smallest absolute Gasteiger partial charge is 0.324 e. The first-order chi connectivity index (χ1) is 7.22. The van der Waals surface area contributed by atoms with Gasteiger partial charge in [0.15, 0.2) is 0 Å². The summed E-state index contributed by atoms with van der Waals surface area (Å²) in [5, 5.41) is 0. The summed E-state index contributed by atoms with van der Waals surface area (Å²) in [6.07, 6.45) is 0. The molecule has 0 bridgehead atoms. The van der Waals surface area contributed by atoms with Gasteiger partial charge in [-0.2, -0.15) is 0 Å². The number of anilines is 1. The standard InChI is InChI=1S/C11H15N3O/c1-13-6-7-14(11(13)15)10-4-2-9(8-12)3-5-10/h2-5H,6-8,12H2,1H3. The third-order valence-electron chi connectivity index (χ3n) is 2.70. The van der Waals surface area contributed by atoms with E-state index in [0.29, 0.717) is 6.54 Å². The fourth-order valence-corrected chi connectivity index (χ4v) is 1.70. The Morgan fingerprint density at radius 3 is 2.40 bits per heavy atom. The van der Waals surface area contributed by atoms with Crippen molar-refractivity contribution in [2.24, 2.45) is 5.73 Å². The maximum absolute atomic E-state index is 11.7. The van der Waals surface area contributed by atoms with E-state index in [1.54, 1.807) is 9.80 Å². The van der Waals surface area contributed by atoms with Gasteiger partial charge in [-0.05, 0) is 17.7 Å². The molecular weight excluding hydrogens is 190 g/mol. The quantitative estimate of drug-likeness (QED) is 0.783. The van der Waals surface area contributed by atoms with Crippen molar-refractivity contribution in [3.63, 3.8) is 0 Å². The fourth-order valence-electron chi connectivity index (χ4n) is 1.70. The predicted octanol–water partition coefficient (Wildman–Crippen LogP) is 1.02. The van der Waals surface area contributed by atoms with Crippen LogP contribution in [0.3, 0.4) is 0 Å². The van der Waals surface area contributed by atoms with Gasteiger partial charge in [-0.15, -0.1) is 0 Å². The molecule has 0 aromatic heterocycles. The number of carbonyl (C=O) groups excluding carboxylic acids is 1. The van der Waals surface area contributed by atoms with E-state index in [-0.39, 0.29) is 6.03 Å². The summed E-state index contributed by atoms with van der Waals surface area (Å²) in [7, 11) is 1.82. The number of hydrogen-bond donors (Lipinski definition) is 1. The molecule has 1 aliphatic heterocycles. The number of amides is 2. The molecule has 2 rings (SSSR count). The molecule has 15 heavy (non-hydrogen) atoms. The maximum Gasteiger partial charge on any atom is 0.324 e. The molecule has 80 valence electrons. The van der Waals surface area contributed by atoms with E-state index in [4.69, 9.17) is 5.73 Å². The summed E-state index contributed by atoms with van der Waals surface area (Å²) >= 11 is 0. The summed E-state index contributed by atoms with van der Waals surface area (Å²) < 4.78 is 0. The van der Waals surface area contributed by atoms with Crippen molar-refractivity contribution in [1.82, 2.24) is 4.90 Å². The first-order valence-corrected chi connectivity index (χ1v) is 5.04. The van der Waals surface area contributed by atoms with Crippen molar-refractivity contribution in [2.45, 2.75) is 6.54 Å². The second-order valence-electron chi connectivity index (χ2n) is 3.73. The summed E-state index contributed by atoms with van der Waals surface area (Å²) in [4.78, 5) is 15.2. The van der Waals surface area contributed by atoms with Crippen molar-refractivity contribution < 1.29 is 4.79 Å². The number of nitrogens with zero attached hydrogens (tertiary/aromatic N) is 2. The molecule has 2 N–H and O–H groups in total. The van der Waals surface area contributed by atoms with Crippen molar-refractivity contribution in [1.29, 1.82) is 0 Å². The van der Waals surface area contributed by atoms with Crippen LogP contribution < -0.4 is 10.6 Å². The van der Waals surface area contributed by atoms with Crippen LogP contribution >= 0.6 is 0 Å². The van der Waals surface area contributed by atoms with Gasteiger partial charge in [-0.25, -0.2) is 4.79 Å². The molecule has 0 spiro atoms. The van der Waals surface area contributed by atoms with E-state index in [2.05, 4.69) is 0 Å². The number of urea groups is 1. The largest absolute Gasteiger partial charge is 0.326 e. The van der Waals surface area contributed by atoms with E-state index in [1.165, 1.54) is 0 Å². The molecule has 2 amide bonds. The third kappa shape index (κ3) is 1.80. The van der Waals surface area contributed by atoms with E-state index in [1.807, 2.05) is 31.3 Å². The lowest BCUT2D eigenvalue weighted by Crippen LogP contribution is -2.29. The van der Waals surface area contributed by atoms with Gasteiger partial charge < -0.3 is 10.6 Å². The number of hydrogen-bond acceptors (Lipinski definition) is 2. The van der Waals surface area contributed by atoms with E-state index in [9.17, 15) is 4.79 Å². The lowest BCUT2D eigenvalue weighted by molar-refractivity contribution is 0.229. The second kappa shape index (κ2) is 3.90. The molecule has 0 saturated carbocycles. The average Bonchev–Trinajstić information content (AvgIpc) is 2.60. The van der Waals surface area contributed by atoms with Crippen molar-refractivity contribution in [3.8, 4) is 0 Å². The number of carbonyl (C=O) groups is 1. The Labute approximate surface area is 89.3 Å². The van der Waals surface area contributed by atoms with Gasteiger partial charge >= 0.3 is 6.03 Å². The molecule has 1 saturated heterocycles. The van der Waals surface area contributed by atoms with Crippen LogP contribution in [0.5, 0.6) is 0 Å². The lowest BCUT2D eigenvalue weighted by Gasteiger charge is -2.16. The minimum atomic E-state index is 0.0653. The van der Waals surface area contributed by atoms with Crippen LogP contribution in [-0.4, -0.2) is 31.1 Å². The molecule has 4 nitrogen and oxygen atoms in total. The van der Waals surface area contributed by atoms with E-state index in [0.717, 1.165) is 24.3 Å². The van der Waals surface area contributed by atoms with Crippen LogP contribution in [0.25, 0.3) is 0 Å². The average molecular weight is 205 g/mol. The molecule has 0 unspecified atom stereocenters. The minimum Gasteiger partial charge on any atom is -0.326 e. The minimum absolute atomic E-state index is 0.0653. The van der Waals surface area contributed by atoms with Gasteiger partial charge in [0.25, 0.3) is 0 Å². The maximum atomic E-state index is 11.7. The van der Waals surface area contributed by atoms with Crippen molar-refractivity contribution in [2.75, 3.05) is 25.0 Å². The summed E-state index contributed by atoms with van der Waals surface area (Å²) in [5.41, 5.74) is 7.54. The molecule has 1 aliphatic rings. The number of likely N-dealkylation sites (N-methyl/N-ethyl adjacent to an activating group) is 1. The number of rotatable bonds is 2. The van der Waals surface area contributed by atoms with Crippen LogP contribution in [0.4, 0.5) is 10.5 Å². The SMILES string of the molecule is CN1CCN(c2ccc(CN)cc2)C1=O. The van der Waals surface area contributed by atoms with Gasteiger partial charge in [0, 0.05) is 32.4 Å². The zero-order valence-corrected chi connectivity index (χ0v) is 8.81. The first-order valence-electron chi connectivity index (χ1n) is 5.04. The molecule has 0 atom stereocenters. The Bertz CT molecular complexity index is 361. The predicted molar refractivity (Wildman–Crippen MR) is 59.7 cm³/mol. The van der Waals surface area contributed by atoms with Gasteiger partial charge in [-0.3, -0.25) is 4.90 Å². The fraction of sp³-hybridized carbons (Fsp3) is 0.364. The topological polar surface area (TPSA) is 49.6 Å². The highest BCUT2D eigenvalue weighted by Gasteiger charge is 2.26. The van der Waals surface area contributed by atoms with Gasteiger partial charge in [0.1, 0.15) is 0 Å². The monoisotopic (exact) mass is 205 g/mol. The van der Waals surface area contributed by atoms with Crippen molar-refractivity contribution >= 4 is 11.7 Å². The molecule has 0 aliphatic carbocycles. The molecular formula is C11H15N3O. The Hall–Kier alpha value is -1.55. The Kier molecular flexibility index (Phi) is 2.60. The highest BCUT2D eigenvalue weighted by atomic mass is 16.2. The van der Waals surface area contributed by atoms with Crippen LogP contribution in [0.15, 0.2) is 24.3 Å². The highest BCUT2D eigenvalue weighted by molar-refractivity contribution is 5.93. The normalized spacial score (nSPS) is 16.3. The summed E-state index contributed by atoms with van der Waals surface area (Å²) in [5.74, 6) is 0. The molecule has 1 aromatic rings. The summed E-state index contributed by atoms with van der Waals surface area (Å²) in [6, 6.07) is 7.87.